The number of pyridine rings is 2. The van der Waals surface area contributed by atoms with Gasteiger partial charge < -0.3 is 14.0 Å². The Kier molecular flexibility index (Phi) is 9.54. The van der Waals surface area contributed by atoms with Crippen LogP contribution in [-0.2, 0) is 20.1 Å². The predicted molar refractivity (Wildman–Crippen MR) is 201 cm³/mol. The minimum absolute atomic E-state index is 0. The number of benzene rings is 4. The number of nitrogens with zero attached hydrogens (tertiary/aromatic N) is 4. The Morgan fingerprint density at radius 3 is 2.20 bits per heavy atom. The molecule has 7 heteroatoms. The molecule has 1 radical (unpaired) electrons. The molecular weight excluding hydrogens is 797 g/mol. The fourth-order valence-electron chi connectivity index (χ4n) is 6.50. The summed E-state index contributed by atoms with van der Waals surface area (Å²) in [6.45, 7) is 15.5. The largest absolute Gasteiger partial charge is 0.501 e. The van der Waals surface area contributed by atoms with Gasteiger partial charge in [0.1, 0.15) is 5.58 Å². The Balaban J connectivity index is 0.000000208. The van der Waals surface area contributed by atoms with Crippen molar-refractivity contribution in [1.29, 1.82) is 0 Å². The summed E-state index contributed by atoms with van der Waals surface area (Å²) in [5.41, 5.74) is 12.2. The zero-order chi connectivity index (χ0) is 33.6. The van der Waals surface area contributed by atoms with Crippen molar-refractivity contribution < 1.29 is 24.5 Å². The van der Waals surface area contributed by atoms with E-state index in [4.69, 9.17) is 9.40 Å². The fraction of sp³-hybridized carbons (Fsp3) is 0.167. The normalized spacial score (nSPS) is 11.4. The van der Waals surface area contributed by atoms with Gasteiger partial charge in [0.15, 0.2) is 0 Å². The molecule has 0 spiro atoms. The molecule has 0 amide bonds. The standard InChI is InChI=1S/C28H22N3O.C14H16NSi.Ir/c1-16-14-17(2)25(18(3)15-16)31-26-19(4)29-13-12-23(26)30-28(31)22-10-7-9-21-20-8-5-6-11-24(20)32-27(21)22;1-16(2,3)13-9-10-14(15-11-13)12-7-5-4-6-8-12;/h5-9,11-15H,1-4H3;4-7,9-11H,1-3H3;/q2*-1;. The molecule has 0 N–H and O–H groups in total. The van der Waals surface area contributed by atoms with Crippen molar-refractivity contribution in [2.75, 3.05) is 0 Å². The number of aromatic nitrogens is 4. The molecule has 4 heterocycles. The second-order valence-corrected chi connectivity index (χ2v) is 18.5. The van der Waals surface area contributed by atoms with Crippen LogP contribution in [0.2, 0.25) is 19.6 Å². The van der Waals surface area contributed by atoms with E-state index in [1.54, 1.807) is 0 Å². The van der Waals surface area contributed by atoms with Crippen molar-refractivity contribution in [3.8, 4) is 28.3 Å². The molecular formula is C42H38IrN4OSi-2. The fourth-order valence-corrected chi connectivity index (χ4v) is 7.53. The first-order valence-corrected chi connectivity index (χ1v) is 19.8. The van der Waals surface area contributed by atoms with Crippen molar-refractivity contribution >= 4 is 46.2 Å². The van der Waals surface area contributed by atoms with Gasteiger partial charge in [-0.15, -0.1) is 54.1 Å². The predicted octanol–water partition coefficient (Wildman–Crippen LogP) is 10.1. The second-order valence-electron chi connectivity index (χ2n) is 13.4. The van der Waals surface area contributed by atoms with E-state index in [9.17, 15) is 0 Å². The first-order valence-electron chi connectivity index (χ1n) is 16.3. The Labute approximate surface area is 302 Å². The van der Waals surface area contributed by atoms with Crippen molar-refractivity contribution in [2.24, 2.45) is 0 Å². The maximum atomic E-state index is 6.33. The van der Waals surface area contributed by atoms with E-state index in [2.05, 4.69) is 103 Å². The summed E-state index contributed by atoms with van der Waals surface area (Å²) in [6, 6.07) is 37.4. The zero-order valence-corrected chi connectivity index (χ0v) is 32.2. The molecule has 0 aliphatic carbocycles. The summed E-state index contributed by atoms with van der Waals surface area (Å²) in [7, 11) is -1.23. The van der Waals surface area contributed by atoms with Gasteiger partial charge in [-0.25, -0.2) is 0 Å². The van der Waals surface area contributed by atoms with Crippen LogP contribution in [0.15, 0.2) is 108 Å². The average Bonchev–Trinajstić information content (AvgIpc) is 3.64. The van der Waals surface area contributed by atoms with Gasteiger partial charge in [-0.2, -0.15) is 0 Å². The number of hydrogen-bond acceptors (Lipinski definition) is 4. The first-order chi connectivity index (χ1) is 23.1. The third kappa shape index (κ3) is 6.54. The maximum Gasteiger partial charge on any atom is 0.120 e. The van der Waals surface area contributed by atoms with Crippen LogP contribution in [0.25, 0.3) is 61.3 Å². The Hall–Kier alpha value is -4.68. The molecule has 8 rings (SSSR count). The summed E-state index contributed by atoms with van der Waals surface area (Å²) in [5, 5.41) is 3.56. The SMILES string of the molecule is C[Si](C)(C)c1ccc(-c2[c-]cccc2)nc1.Cc1cc(C)c(-n2c(-c3[c-]ccc4c3oc3ccccc34)nc3ccnc(C)c32)c(C)c1.[Ir]. The number of rotatable bonds is 4. The van der Waals surface area contributed by atoms with Crippen LogP contribution < -0.4 is 5.19 Å². The number of imidazole rings is 1. The van der Waals surface area contributed by atoms with Gasteiger partial charge in [-0.1, -0.05) is 78.6 Å². The molecule has 0 aliphatic rings. The average molecular weight is 835 g/mol. The Morgan fingerprint density at radius 1 is 0.755 bits per heavy atom. The molecule has 0 aliphatic heterocycles. The zero-order valence-electron chi connectivity index (χ0n) is 28.8. The third-order valence-corrected chi connectivity index (χ3v) is 10.8. The Bertz CT molecular complexity index is 2400. The molecule has 0 fully saturated rings. The van der Waals surface area contributed by atoms with Crippen molar-refractivity contribution in [3.63, 3.8) is 0 Å². The van der Waals surface area contributed by atoms with Crippen LogP contribution in [0.3, 0.4) is 0 Å². The third-order valence-electron chi connectivity index (χ3n) is 8.78. The minimum Gasteiger partial charge on any atom is -0.501 e. The molecule has 0 atom stereocenters. The van der Waals surface area contributed by atoms with Crippen LogP contribution in [-0.4, -0.2) is 27.6 Å². The number of hydrogen-bond donors (Lipinski definition) is 0. The first kappa shape index (κ1) is 34.2. The summed E-state index contributed by atoms with van der Waals surface area (Å²) < 4.78 is 8.57. The van der Waals surface area contributed by atoms with E-state index >= 15 is 0 Å². The van der Waals surface area contributed by atoms with Crippen LogP contribution in [0.5, 0.6) is 0 Å². The van der Waals surface area contributed by atoms with Gasteiger partial charge in [-0.3, -0.25) is 9.97 Å². The van der Waals surface area contributed by atoms with Gasteiger partial charge in [0.2, 0.25) is 0 Å². The second kappa shape index (κ2) is 13.7. The van der Waals surface area contributed by atoms with Gasteiger partial charge >= 0.3 is 0 Å². The van der Waals surface area contributed by atoms with Gasteiger partial charge in [-0.05, 0) is 61.8 Å². The van der Waals surface area contributed by atoms with E-state index in [-0.39, 0.29) is 20.1 Å². The molecule has 5 nitrogen and oxygen atoms in total. The maximum absolute atomic E-state index is 6.33. The summed E-state index contributed by atoms with van der Waals surface area (Å²) in [5.74, 6) is 0.816. The van der Waals surface area contributed by atoms with E-state index in [1.165, 1.54) is 21.9 Å². The van der Waals surface area contributed by atoms with Crippen LogP contribution in [0.4, 0.5) is 0 Å². The molecule has 0 saturated carbocycles. The molecule has 4 aromatic heterocycles. The van der Waals surface area contributed by atoms with Crippen molar-refractivity contribution in [2.45, 2.75) is 47.3 Å². The van der Waals surface area contributed by atoms with Crippen LogP contribution >= 0.6 is 0 Å². The molecule has 0 bridgehead atoms. The molecule has 49 heavy (non-hydrogen) atoms. The summed E-state index contributed by atoms with van der Waals surface area (Å²) in [4.78, 5) is 14.2. The van der Waals surface area contributed by atoms with Crippen LogP contribution in [0, 0.1) is 39.8 Å². The summed E-state index contributed by atoms with van der Waals surface area (Å²) >= 11 is 0. The van der Waals surface area contributed by atoms with Crippen molar-refractivity contribution in [3.05, 3.63) is 138 Å². The van der Waals surface area contributed by atoms with E-state index in [1.807, 2.05) is 73.9 Å². The van der Waals surface area contributed by atoms with Gasteiger partial charge in [0, 0.05) is 43.6 Å². The van der Waals surface area contributed by atoms with Gasteiger partial charge in [0.05, 0.1) is 36.2 Å². The number of aryl methyl sites for hydroxylation is 4. The molecule has 4 aromatic carbocycles. The smallest absolute Gasteiger partial charge is 0.120 e. The Morgan fingerprint density at radius 2 is 1.51 bits per heavy atom. The van der Waals surface area contributed by atoms with Gasteiger partial charge in [0.25, 0.3) is 0 Å². The molecule has 8 aromatic rings. The number of furan rings is 1. The topological polar surface area (TPSA) is 56.7 Å². The molecule has 0 unspecified atom stereocenters. The quantitative estimate of drug-likeness (QED) is 0.131. The number of fused-ring (bicyclic) bond motifs is 4. The monoisotopic (exact) mass is 835 g/mol. The molecule has 0 saturated heterocycles. The summed E-state index contributed by atoms with van der Waals surface area (Å²) in [6.07, 6.45) is 3.83. The van der Waals surface area contributed by atoms with Crippen LogP contribution in [0.1, 0.15) is 22.4 Å². The van der Waals surface area contributed by atoms with E-state index in [0.717, 1.165) is 67.0 Å². The van der Waals surface area contributed by atoms with E-state index in [0.29, 0.717) is 0 Å². The van der Waals surface area contributed by atoms with Crippen molar-refractivity contribution in [1.82, 2.24) is 19.5 Å². The number of para-hydroxylation sites is 1. The molecule has 247 valence electrons. The van der Waals surface area contributed by atoms with E-state index < -0.39 is 8.07 Å². The minimum atomic E-state index is -1.23.